The highest BCUT2D eigenvalue weighted by atomic mass is 79.9. The van der Waals surface area contributed by atoms with Crippen LogP contribution < -0.4 is 10.7 Å². The number of anilines is 1. The van der Waals surface area contributed by atoms with Crippen molar-refractivity contribution in [3.8, 4) is 0 Å². The third-order valence-corrected chi connectivity index (χ3v) is 6.09. The minimum atomic E-state index is -0.524. The number of hydrazone groups is 1. The molecule has 0 aliphatic carbocycles. The lowest BCUT2D eigenvalue weighted by molar-refractivity contribution is 0.0794. The number of carbonyl (C=O) groups excluding carboxylic acids is 2. The molecule has 3 aromatic carbocycles. The largest absolute Gasteiger partial charge is 0.392 e. The maximum absolute atomic E-state index is 13.0. The summed E-state index contributed by atoms with van der Waals surface area (Å²) in [5.41, 5.74) is 6.48. The van der Waals surface area contributed by atoms with E-state index in [-0.39, 0.29) is 11.5 Å². The summed E-state index contributed by atoms with van der Waals surface area (Å²) in [5.74, 6) is -0.822. The normalized spacial score (nSPS) is 12.9. The van der Waals surface area contributed by atoms with Crippen LogP contribution in [0.1, 0.15) is 51.3 Å². The van der Waals surface area contributed by atoms with Crippen LogP contribution in [0.25, 0.3) is 0 Å². The molecule has 4 N–H and O–H groups in total. The number of aliphatic hydroxyl groups is 2. The zero-order valence-corrected chi connectivity index (χ0v) is 23.3. The van der Waals surface area contributed by atoms with E-state index in [9.17, 15) is 19.8 Å². The predicted octanol–water partition coefficient (Wildman–Crippen LogP) is 4.34. The fraction of sp³-hybridized carbons (Fsp3) is 0.276. The molecule has 3 rings (SSSR count). The molecule has 0 fully saturated rings. The molecule has 0 saturated carbocycles. The van der Waals surface area contributed by atoms with Gasteiger partial charge in [0.15, 0.2) is 0 Å². The van der Waals surface area contributed by atoms with E-state index in [2.05, 4.69) is 31.8 Å². The first-order chi connectivity index (χ1) is 18.1. The SMILES string of the molecule is Cc1ccc(C=NNC(=O)c2cc(Br)ccc2NC(=O)c2ccc(CN(CC(C)O)CC(C)O)cc2)cc1. The second kappa shape index (κ2) is 14.0. The number of aliphatic hydroxyl groups excluding tert-OH is 2. The van der Waals surface area contributed by atoms with Crippen molar-refractivity contribution < 1.29 is 19.8 Å². The monoisotopic (exact) mass is 580 g/mol. The lowest BCUT2D eigenvalue weighted by atomic mass is 10.1. The molecule has 0 saturated heterocycles. The van der Waals surface area contributed by atoms with Crippen LogP contribution in [-0.2, 0) is 6.54 Å². The van der Waals surface area contributed by atoms with Crippen molar-refractivity contribution in [3.63, 3.8) is 0 Å². The fourth-order valence-electron chi connectivity index (χ4n) is 3.86. The molecular formula is C29H33BrN4O4. The summed E-state index contributed by atoms with van der Waals surface area (Å²) in [6.45, 7) is 6.78. The summed E-state index contributed by atoms with van der Waals surface area (Å²) in [4.78, 5) is 27.8. The highest BCUT2D eigenvalue weighted by molar-refractivity contribution is 9.10. The molecule has 8 nitrogen and oxygen atoms in total. The Kier molecular flexibility index (Phi) is 10.7. The van der Waals surface area contributed by atoms with Crippen molar-refractivity contribution in [2.75, 3.05) is 18.4 Å². The Morgan fingerprint density at radius 3 is 2.18 bits per heavy atom. The van der Waals surface area contributed by atoms with Gasteiger partial charge in [0.25, 0.3) is 11.8 Å². The third kappa shape index (κ3) is 9.18. The van der Waals surface area contributed by atoms with Crippen LogP contribution in [0.2, 0.25) is 0 Å². The number of carbonyl (C=O) groups is 2. The number of rotatable bonds is 11. The Bertz CT molecular complexity index is 1250. The molecule has 38 heavy (non-hydrogen) atoms. The van der Waals surface area contributed by atoms with Gasteiger partial charge in [-0.05, 0) is 62.2 Å². The molecule has 0 bridgehead atoms. The van der Waals surface area contributed by atoms with Crippen molar-refractivity contribution >= 4 is 39.6 Å². The third-order valence-electron chi connectivity index (χ3n) is 5.60. The first-order valence-corrected chi connectivity index (χ1v) is 13.1. The molecule has 2 unspecified atom stereocenters. The second-order valence-electron chi connectivity index (χ2n) is 9.34. The van der Waals surface area contributed by atoms with E-state index in [1.807, 2.05) is 48.2 Å². The van der Waals surface area contributed by atoms with Gasteiger partial charge >= 0.3 is 0 Å². The Labute approximate surface area is 231 Å². The number of nitrogens with one attached hydrogen (secondary N) is 2. The molecular weight excluding hydrogens is 548 g/mol. The molecule has 0 aliphatic heterocycles. The second-order valence-corrected chi connectivity index (χ2v) is 10.3. The zero-order chi connectivity index (χ0) is 27.7. The van der Waals surface area contributed by atoms with Gasteiger partial charge in [0.1, 0.15) is 0 Å². The molecule has 9 heteroatoms. The van der Waals surface area contributed by atoms with Gasteiger partial charge in [-0.1, -0.05) is 57.9 Å². The van der Waals surface area contributed by atoms with Gasteiger partial charge in [0.05, 0.1) is 29.7 Å². The molecule has 200 valence electrons. The summed E-state index contributed by atoms with van der Waals surface area (Å²) in [5, 5.41) is 26.3. The molecule has 0 radical (unpaired) electrons. The van der Waals surface area contributed by atoms with Crippen LogP contribution in [0, 0.1) is 6.92 Å². The Hall–Kier alpha value is -3.37. The van der Waals surface area contributed by atoms with Gasteiger partial charge in [0.2, 0.25) is 0 Å². The number of aryl methyl sites for hydroxylation is 1. The van der Waals surface area contributed by atoms with Crippen LogP contribution >= 0.6 is 15.9 Å². The fourth-order valence-corrected chi connectivity index (χ4v) is 4.22. The number of nitrogens with zero attached hydrogens (tertiary/aromatic N) is 2. The van der Waals surface area contributed by atoms with Gasteiger partial charge in [-0.25, -0.2) is 5.43 Å². The molecule has 0 heterocycles. The lowest BCUT2D eigenvalue weighted by Crippen LogP contribution is -2.35. The topological polar surface area (TPSA) is 114 Å². The highest BCUT2D eigenvalue weighted by Crippen LogP contribution is 2.22. The first-order valence-electron chi connectivity index (χ1n) is 12.3. The Morgan fingerprint density at radius 1 is 0.947 bits per heavy atom. The lowest BCUT2D eigenvalue weighted by Gasteiger charge is -2.25. The zero-order valence-electron chi connectivity index (χ0n) is 21.7. The maximum Gasteiger partial charge on any atom is 0.273 e. The molecule has 2 amide bonds. The van der Waals surface area contributed by atoms with Crippen molar-refractivity contribution in [1.82, 2.24) is 10.3 Å². The van der Waals surface area contributed by atoms with Gasteiger partial charge in [-0.3, -0.25) is 14.5 Å². The number of benzene rings is 3. The van der Waals surface area contributed by atoms with E-state index in [0.717, 1.165) is 16.7 Å². The number of hydrogen-bond acceptors (Lipinski definition) is 6. The average Bonchev–Trinajstić information content (AvgIpc) is 2.85. The van der Waals surface area contributed by atoms with E-state index in [0.29, 0.717) is 35.4 Å². The predicted molar refractivity (Wildman–Crippen MR) is 153 cm³/mol. The van der Waals surface area contributed by atoms with Gasteiger partial charge in [0, 0.05) is 29.7 Å². The van der Waals surface area contributed by atoms with E-state index < -0.39 is 18.1 Å². The summed E-state index contributed by atoms with van der Waals surface area (Å²) in [7, 11) is 0. The minimum Gasteiger partial charge on any atom is -0.392 e. The van der Waals surface area contributed by atoms with Crippen molar-refractivity contribution in [3.05, 3.63) is 99.0 Å². The standard InChI is InChI=1S/C29H33BrN4O4/c1-19-4-6-22(7-5-19)15-31-33-29(38)26-14-25(30)12-13-27(26)32-28(37)24-10-8-23(9-11-24)18-34(16-20(2)35)17-21(3)36/h4-15,20-21,35-36H,16-18H2,1-3H3,(H,32,37)(H,33,38). The van der Waals surface area contributed by atoms with Gasteiger partial charge < -0.3 is 15.5 Å². The molecule has 3 aromatic rings. The smallest absolute Gasteiger partial charge is 0.273 e. The van der Waals surface area contributed by atoms with Crippen molar-refractivity contribution in [2.24, 2.45) is 5.10 Å². The maximum atomic E-state index is 13.0. The van der Waals surface area contributed by atoms with Crippen molar-refractivity contribution in [2.45, 2.75) is 39.5 Å². The summed E-state index contributed by atoms with van der Waals surface area (Å²) in [6.07, 6.45) is 0.507. The van der Waals surface area contributed by atoms with E-state index in [1.54, 1.807) is 50.4 Å². The molecule has 0 spiro atoms. The summed E-state index contributed by atoms with van der Waals surface area (Å²) >= 11 is 3.38. The summed E-state index contributed by atoms with van der Waals surface area (Å²) < 4.78 is 0.687. The highest BCUT2D eigenvalue weighted by Gasteiger charge is 2.16. The number of amides is 2. The van der Waals surface area contributed by atoms with Crippen LogP contribution in [0.4, 0.5) is 5.69 Å². The van der Waals surface area contributed by atoms with Crippen LogP contribution in [0.15, 0.2) is 76.3 Å². The molecule has 0 aromatic heterocycles. The first kappa shape index (κ1) is 29.2. The van der Waals surface area contributed by atoms with Gasteiger partial charge in [-0.2, -0.15) is 5.10 Å². The van der Waals surface area contributed by atoms with Gasteiger partial charge in [-0.15, -0.1) is 0 Å². The molecule has 2 atom stereocenters. The average molecular weight is 582 g/mol. The minimum absolute atomic E-state index is 0.261. The van der Waals surface area contributed by atoms with Crippen LogP contribution in [-0.4, -0.2) is 58.4 Å². The van der Waals surface area contributed by atoms with Crippen molar-refractivity contribution in [1.29, 1.82) is 0 Å². The Morgan fingerprint density at radius 2 is 1.58 bits per heavy atom. The number of hydrogen-bond donors (Lipinski definition) is 4. The molecule has 0 aliphatic rings. The van der Waals surface area contributed by atoms with E-state index >= 15 is 0 Å². The van der Waals surface area contributed by atoms with Crippen LogP contribution in [0.5, 0.6) is 0 Å². The Balaban J connectivity index is 1.67. The quantitative estimate of drug-likeness (QED) is 0.199. The number of halogens is 1. The van der Waals surface area contributed by atoms with Crippen LogP contribution in [0.3, 0.4) is 0 Å². The van der Waals surface area contributed by atoms with E-state index in [4.69, 9.17) is 0 Å². The van der Waals surface area contributed by atoms with E-state index in [1.165, 1.54) is 0 Å². The summed E-state index contributed by atoms with van der Waals surface area (Å²) in [6, 6.07) is 19.8.